The van der Waals surface area contributed by atoms with Crippen molar-refractivity contribution in [3.05, 3.63) is 28.8 Å². The van der Waals surface area contributed by atoms with Crippen LogP contribution in [-0.2, 0) is 9.59 Å². The van der Waals surface area contributed by atoms with Gasteiger partial charge in [0.05, 0.1) is 7.11 Å². The Balaban J connectivity index is 2.14. The maximum Gasteiger partial charge on any atom is 0.325 e. The first-order valence-corrected chi connectivity index (χ1v) is 8.71. The third-order valence-corrected chi connectivity index (χ3v) is 4.82. The van der Waals surface area contributed by atoms with E-state index in [1.54, 1.807) is 19.1 Å². The number of carboxylic acids is 1. The number of carbonyl (C=O) groups is 2. The highest BCUT2D eigenvalue weighted by Gasteiger charge is 2.27. The molecule has 0 bridgehead atoms. The van der Waals surface area contributed by atoms with Crippen molar-refractivity contribution in [1.29, 1.82) is 0 Å². The van der Waals surface area contributed by atoms with Gasteiger partial charge in [-0.25, -0.2) is 0 Å². The van der Waals surface area contributed by atoms with E-state index in [9.17, 15) is 14.7 Å². The second-order valence-electron chi connectivity index (χ2n) is 6.75. The van der Waals surface area contributed by atoms with Crippen molar-refractivity contribution in [3.8, 4) is 5.75 Å². The summed E-state index contributed by atoms with van der Waals surface area (Å²) in [5, 5.41) is 9.74. The molecule has 0 aromatic heterocycles. The van der Waals surface area contributed by atoms with Crippen LogP contribution < -0.4 is 4.74 Å². The summed E-state index contributed by atoms with van der Waals surface area (Å²) in [7, 11) is 3.41. The maximum absolute atomic E-state index is 11.9. The molecule has 1 N–H and O–H groups in total. The Bertz CT molecular complexity index is 621. The largest absolute Gasteiger partial charge is 0.496 e. The molecule has 1 amide bonds. The number of rotatable bonds is 7. The summed E-state index contributed by atoms with van der Waals surface area (Å²) >= 11 is 0. The summed E-state index contributed by atoms with van der Waals surface area (Å²) in [5.41, 5.74) is 2.57. The topological polar surface area (TPSA) is 70.1 Å². The molecule has 1 heterocycles. The third-order valence-electron chi connectivity index (χ3n) is 4.82. The van der Waals surface area contributed by atoms with Gasteiger partial charge in [-0.2, -0.15) is 0 Å². The Hall–Kier alpha value is -2.08. The van der Waals surface area contributed by atoms with Crippen molar-refractivity contribution in [2.75, 3.05) is 33.8 Å². The molecule has 138 valence electrons. The molecule has 1 aromatic rings. The molecule has 2 rings (SSSR count). The summed E-state index contributed by atoms with van der Waals surface area (Å²) in [5.74, 6) is 0.0635. The molecule has 1 aliphatic heterocycles. The number of nitrogens with zero attached hydrogens (tertiary/aromatic N) is 2. The van der Waals surface area contributed by atoms with Crippen molar-refractivity contribution in [1.82, 2.24) is 9.80 Å². The lowest BCUT2D eigenvalue weighted by molar-refractivity contribution is -0.143. The van der Waals surface area contributed by atoms with Gasteiger partial charge >= 0.3 is 5.97 Å². The number of carbonyl (C=O) groups excluding carboxylic acids is 1. The van der Waals surface area contributed by atoms with Crippen molar-refractivity contribution < 1.29 is 19.4 Å². The molecule has 0 radical (unpaired) electrons. The third kappa shape index (κ3) is 4.51. The van der Waals surface area contributed by atoms with Gasteiger partial charge in [-0.3, -0.25) is 14.5 Å². The van der Waals surface area contributed by atoms with Crippen LogP contribution in [0.15, 0.2) is 12.1 Å². The number of methoxy groups -OCH3 is 1. The number of aliphatic carboxylic acids is 1. The molecule has 1 aromatic carbocycles. The zero-order valence-electron chi connectivity index (χ0n) is 15.5. The minimum Gasteiger partial charge on any atom is -0.496 e. The lowest BCUT2D eigenvalue weighted by Crippen LogP contribution is -2.42. The van der Waals surface area contributed by atoms with Gasteiger partial charge in [0.25, 0.3) is 0 Å². The molecule has 1 saturated heterocycles. The summed E-state index contributed by atoms with van der Waals surface area (Å²) in [6.07, 6.45) is 2.57. The summed E-state index contributed by atoms with van der Waals surface area (Å²) in [6.45, 7) is 5.69. The number of amides is 1. The number of aryl methyl sites for hydroxylation is 2. The SMILES string of the molecule is COc1c(C)cc(C(C(=O)O)N(C)CCN2CCCCC2=O)cc1C. The van der Waals surface area contributed by atoms with Crippen LogP contribution in [0.3, 0.4) is 0 Å². The van der Waals surface area contributed by atoms with E-state index < -0.39 is 12.0 Å². The fraction of sp³-hybridized carbons (Fsp3) is 0.579. The van der Waals surface area contributed by atoms with Crippen molar-refractivity contribution in [2.24, 2.45) is 0 Å². The number of hydrogen-bond acceptors (Lipinski definition) is 4. The molecule has 6 nitrogen and oxygen atoms in total. The first-order chi connectivity index (χ1) is 11.8. The molecular weight excluding hydrogens is 320 g/mol. The number of carboxylic acid groups (broad SMARTS) is 1. The molecule has 0 spiro atoms. The predicted octanol–water partition coefficient (Wildman–Crippen LogP) is 2.38. The molecule has 1 fully saturated rings. The van der Waals surface area contributed by atoms with Gasteiger partial charge in [0.1, 0.15) is 11.8 Å². The van der Waals surface area contributed by atoms with Crippen molar-refractivity contribution in [3.63, 3.8) is 0 Å². The molecule has 6 heteroatoms. The van der Waals surface area contributed by atoms with Crippen LogP contribution in [-0.4, -0.2) is 60.6 Å². The molecule has 1 aliphatic rings. The Morgan fingerprint density at radius 1 is 1.32 bits per heavy atom. The van der Waals surface area contributed by atoms with E-state index in [0.29, 0.717) is 19.5 Å². The first kappa shape index (κ1) is 19.2. The zero-order valence-corrected chi connectivity index (χ0v) is 15.5. The average Bonchev–Trinajstić information content (AvgIpc) is 2.53. The monoisotopic (exact) mass is 348 g/mol. The highest BCUT2D eigenvalue weighted by atomic mass is 16.5. The van der Waals surface area contributed by atoms with Crippen LogP contribution >= 0.6 is 0 Å². The Morgan fingerprint density at radius 3 is 2.48 bits per heavy atom. The van der Waals surface area contributed by atoms with E-state index in [0.717, 1.165) is 41.8 Å². The fourth-order valence-corrected chi connectivity index (χ4v) is 3.55. The summed E-state index contributed by atoms with van der Waals surface area (Å²) in [4.78, 5) is 27.4. The molecular formula is C19H28N2O4. The smallest absolute Gasteiger partial charge is 0.325 e. The zero-order chi connectivity index (χ0) is 18.6. The van der Waals surface area contributed by atoms with E-state index in [1.807, 2.05) is 30.9 Å². The van der Waals surface area contributed by atoms with Crippen LogP contribution in [0.2, 0.25) is 0 Å². The van der Waals surface area contributed by atoms with Gasteiger partial charge in [-0.15, -0.1) is 0 Å². The molecule has 0 aliphatic carbocycles. The predicted molar refractivity (Wildman–Crippen MR) is 95.9 cm³/mol. The van der Waals surface area contributed by atoms with Crippen LogP contribution in [0.5, 0.6) is 5.75 Å². The molecule has 1 unspecified atom stereocenters. The van der Waals surface area contributed by atoms with Crippen LogP contribution in [0.25, 0.3) is 0 Å². The number of likely N-dealkylation sites (N-methyl/N-ethyl adjacent to an activating group) is 1. The normalized spacial score (nSPS) is 16.2. The average molecular weight is 348 g/mol. The lowest BCUT2D eigenvalue weighted by atomic mass is 9.99. The van der Waals surface area contributed by atoms with Gasteiger partial charge in [0.15, 0.2) is 0 Å². The Labute approximate surface area is 149 Å². The quantitative estimate of drug-likeness (QED) is 0.819. The number of likely N-dealkylation sites (tertiary alicyclic amines) is 1. The van der Waals surface area contributed by atoms with Gasteiger partial charge in [0.2, 0.25) is 5.91 Å². The summed E-state index contributed by atoms with van der Waals surface area (Å²) in [6, 6.07) is 2.99. The molecule has 25 heavy (non-hydrogen) atoms. The highest BCUT2D eigenvalue weighted by molar-refractivity contribution is 5.77. The van der Waals surface area contributed by atoms with Gasteiger partial charge in [-0.1, -0.05) is 12.1 Å². The van der Waals surface area contributed by atoms with Gasteiger partial charge in [0, 0.05) is 26.1 Å². The Kier molecular flexibility index (Phi) is 6.42. The standard InChI is InChI=1S/C19H28N2O4/c1-13-11-15(12-14(2)18(13)25-4)17(19(23)24)20(3)9-10-21-8-6-5-7-16(21)22/h11-12,17H,5-10H2,1-4H3,(H,23,24). The molecule has 0 saturated carbocycles. The first-order valence-electron chi connectivity index (χ1n) is 8.71. The van der Waals surface area contributed by atoms with Crippen molar-refractivity contribution in [2.45, 2.75) is 39.2 Å². The van der Waals surface area contributed by atoms with E-state index in [2.05, 4.69) is 0 Å². The van der Waals surface area contributed by atoms with Crippen LogP contribution in [0.1, 0.15) is 42.0 Å². The van der Waals surface area contributed by atoms with E-state index in [-0.39, 0.29) is 5.91 Å². The summed E-state index contributed by atoms with van der Waals surface area (Å²) < 4.78 is 5.36. The number of piperidine rings is 1. The van der Waals surface area contributed by atoms with Crippen molar-refractivity contribution >= 4 is 11.9 Å². The molecule has 1 atom stereocenters. The van der Waals surface area contributed by atoms with E-state index in [1.165, 1.54) is 0 Å². The second kappa shape index (κ2) is 8.34. The minimum absolute atomic E-state index is 0.169. The minimum atomic E-state index is -0.892. The fourth-order valence-electron chi connectivity index (χ4n) is 3.55. The number of hydrogen-bond donors (Lipinski definition) is 1. The number of ether oxygens (including phenoxy) is 1. The van der Waals surface area contributed by atoms with Gasteiger partial charge in [-0.05, 0) is 50.4 Å². The Morgan fingerprint density at radius 2 is 1.96 bits per heavy atom. The second-order valence-corrected chi connectivity index (χ2v) is 6.75. The van der Waals surface area contributed by atoms with Crippen LogP contribution in [0.4, 0.5) is 0 Å². The highest BCUT2D eigenvalue weighted by Crippen LogP contribution is 2.29. The van der Waals surface area contributed by atoms with E-state index >= 15 is 0 Å². The lowest BCUT2D eigenvalue weighted by Gasteiger charge is -2.31. The maximum atomic E-state index is 11.9. The van der Waals surface area contributed by atoms with E-state index in [4.69, 9.17) is 4.74 Å². The van der Waals surface area contributed by atoms with Crippen LogP contribution in [0, 0.1) is 13.8 Å². The number of benzene rings is 1. The van der Waals surface area contributed by atoms with Gasteiger partial charge < -0.3 is 14.7 Å².